The quantitative estimate of drug-likeness (QED) is 0.203. The van der Waals surface area contributed by atoms with Gasteiger partial charge in [-0.3, -0.25) is 0 Å². The number of nitrogens with zero attached hydrogens (tertiary/aromatic N) is 1. The van der Waals surface area contributed by atoms with Crippen molar-refractivity contribution in [2.24, 2.45) is 5.92 Å². The molecule has 0 bridgehead atoms. The van der Waals surface area contributed by atoms with Gasteiger partial charge < -0.3 is 19.5 Å². The van der Waals surface area contributed by atoms with Gasteiger partial charge in [0.1, 0.15) is 18.1 Å². The lowest BCUT2D eigenvalue weighted by Crippen LogP contribution is -2.41. The Labute approximate surface area is 250 Å². The number of rotatable bonds is 12. The largest absolute Gasteiger partial charge is 0.493 e. The van der Waals surface area contributed by atoms with Crippen LogP contribution in [0.25, 0.3) is 0 Å². The third-order valence-corrected chi connectivity index (χ3v) is 7.49. The van der Waals surface area contributed by atoms with Crippen molar-refractivity contribution < 1.29 is 49.7 Å². The van der Waals surface area contributed by atoms with Crippen LogP contribution < -0.4 is 14.4 Å². The number of hydrogen-bond donors (Lipinski definition) is 1. The molecule has 1 atom stereocenters. The van der Waals surface area contributed by atoms with Crippen LogP contribution in [0.3, 0.4) is 0 Å². The normalized spacial score (nSPS) is 15.6. The maximum atomic E-state index is 13.9. The molecule has 0 amide bonds. The molecule has 0 radical (unpaired) electrons. The molecule has 1 N–H and O–H groups in total. The van der Waals surface area contributed by atoms with Crippen LogP contribution in [0.4, 0.5) is 40.8 Å². The zero-order chi connectivity index (χ0) is 32.0. The first-order valence-electron chi connectivity index (χ1n) is 14.2. The molecule has 1 unspecified atom stereocenters. The summed E-state index contributed by atoms with van der Waals surface area (Å²) >= 11 is 0. The van der Waals surface area contributed by atoms with Gasteiger partial charge in [-0.1, -0.05) is 55.7 Å². The lowest BCUT2D eigenvalue weighted by molar-refractivity contribution is -0.289. The van der Waals surface area contributed by atoms with Crippen LogP contribution in [0.15, 0.2) is 72.8 Å². The number of anilines is 1. The molecule has 0 aliphatic heterocycles. The van der Waals surface area contributed by atoms with Crippen LogP contribution in [0.2, 0.25) is 0 Å². The molecule has 44 heavy (non-hydrogen) atoms. The molecular weight excluding hydrogens is 598 g/mol. The van der Waals surface area contributed by atoms with Gasteiger partial charge in [-0.25, -0.2) is 0 Å². The van der Waals surface area contributed by atoms with Gasteiger partial charge in [0.2, 0.25) is 0 Å². The lowest BCUT2D eigenvalue weighted by Gasteiger charge is -2.29. The van der Waals surface area contributed by atoms with E-state index in [2.05, 4.69) is 0 Å². The summed E-state index contributed by atoms with van der Waals surface area (Å²) in [6.07, 6.45) is -7.74. The molecule has 4 rings (SSSR count). The number of aliphatic hydroxyl groups is 1. The van der Waals surface area contributed by atoms with E-state index in [1.165, 1.54) is 43.5 Å². The number of hydrogen-bond acceptors (Lipinski definition) is 4. The predicted octanol–water partition coefficient (Wildman–Crippen LogP) is 8.81. The molecule has 240 valence electrons. The molecule has 0 saturated heterocycles. The van der Waals surface area contributed by atoms with Crippen molar-refractivity contribution in [2.75, 3.05) is 18.1 Å². The van der Waals surface area contributed by atoms with Gasteiger partial charge in [0, 0.05) is 23.9 Å². The van der Waals surface area contributed by atoms with Gasteiger partial charge >= 0.3 is 18.3 Å². The van der Waals surface area contributed by atoms with Crippen molar-refractivity contribution in [3.63, 3.8) is 0 Å². The van der Waals surface area contributed by atoms with E-state index in [4.69, 9.17) is 9.47 Å². The Morgan fingerprint density at radius 3 is 2.07 bits per heavy atom. The summed E-state index contributed by atoms with van der Waals surface area (Å²) in [4.78, 5) is 1.04. The van der Waals surface area contributed by atoms with E-state index < -0.39 is 43.0 Å². The number of aliphatic hydroxyl groups excluding tert-OH is 1. The van der Waals surface area contributed by atoms with Gasteiger partial charge in [-0.2, -0.15) is 35.1 Å². The maximum absolute atomic E-state index is 13.9. The second-order valence-corrected chi connectivity index (χ2v) is 11.0. The molecule has 1 aliphatic carbocycles. The summed E-state index contributed by atoms with van der Waals surface area (Å²) < 4.78 is 118. The van der Waals surface area contributed by atoms with Crippen LogP contribution in [0, 0.1) is 5.92 Å². The second-order valence-electron chi connectivity index (χ2n) is 11.0. The summed E-state index contributed by atoms with van der Waals surface area (Å²) in [6.45, 7) is -0.779. The summed E-state index contributed by atoms with van der Waals surface area (Å²) in [5.74, 6) is -3.68. The van der Waals surface area contributed by atoms with Gasteiger partial charge in [0.05, 0.1) is 13.2 Å². The summed E-state index contributed by atoms with van der Waals surface area (Å²) in [5, 5.41) is 9.78. The minimum absolute atomic E-state index is 0.101. The van der Waals surface area contributed by atoms with E-state index in [1.807, 2.05) is 24.3 Å². The molecule has 0 heterocycles. The van der Waals surface area contributed by atoms with Crippen molar-refractivity contribution in [3.8, 4) is 11.5 Å². The molecule has 0 spiro atoms. The molecular formula is C32H33F8NO3. The standard InChI is InChI=1S/C32H33F8NO3/c33-30(34,32(38,39)40)25-11-4-9-23(15-25)18-41(19-29(42)31(35,36)37)26-12-6-14-28(17-26)44-21-24-10-5-13-27(16-24)43-20-22-7-2-1-3-8-22/h4-6,9-17,22,29,42H,1-3,7-8,18-21H2. The summed E-state index contributed by atoms with van der Waals surface area (Å²) in [5.41, 5.74) is -0.551. The van der Waals surface area contributed by atoms with E-state index in [1.54, 1.807) is 6.07 Å². The van der Waals surface area contributed by atoms with Crippen molar-refractivity contribution in [1.82, 2.24) is 0 Å². The monoisotopic (exact) mass is 631 g/mol. The molecule has 3 aromatic carbocycles. The summed E-state index contributed by atoms with van der Waals surface area (Å²) in [6, 6.07) is 16.6. The van der Waals surface area contributed by atoms with Crippen molar-refractivity contribution in [3.05, 3.63) is 89.5 Å². The number of ether oxygens (including phenoxy) is 2. The number of halogens is 8. The fourth-order valence-electron chi connectivity index (χ4n) is 5.05. The topological polar surface area (TPSA) is 41.9 Å². The van der Waals surface area contributed by atoms with Crippen LogP contribution in [-0.4, -0.2) is 36.7 Å². The average molecular weight is 632 g/mol. The Morgan fingerprint density at radius 2 is 1.39 bits per heavy atom. The Balaban J connectivity index is 1.49. The molecule has 1 saturated carbocycles. The van der Waals surface area contributed by atoms with Gasteiger partial charge in [-0.05, 0) is 60.2 Å². The molecule has 1 fully saturated rings. The van der Waals surface area contributed by atoms with Gasteiger partial charge in [0.25, 0.3) is 0 Å². The molecule has 3 aromatic rings. The van der Waals surface area contributed by atoms with Gasteiger partial charge in [-0.15, -0.1) is 0 Å². The highest BCUT2D eigenvalue weighted by molar-refractivity contribution is 5.51. The van der Waals surface area contributed by atoms with E-state index in [9.17, 15) is 40.2 Å². The first kappa shape index (κ1) is 33.4. The SMILES string of the molecule is OC(CN(Cc1cccc(C(F)(F)C(F)(F)F)c1)c1cccc(OCc2cccc(OCC3CCCCC3)c2)c1)C(F)(F)F. The van der Waals surface area contributed by atoms with Crippen LogP contribution in [-0.2, 0) is 19.1 Å². The highest BCUT2D eigenvalue weighted by atomic mass is 19.4. The zero-order valence-corrected chi connectivity index (χ0v) is 23.7. The van der Waals surface area contributed by atoms with Crippen LogP contribution >= 0.6 is 0 Å². The highest BCUT2D eigenvalue weighted by Gasteiger charge is 2.58. The van der Waals surface area contributed by atoms with Crippen LogP contribution in [0.5, 0.6) is 11.5 Å². The Morgan fingerprint density at radius 1 is 0.750 bits per heavy atom. The smallest absolute Gasteiger partial charge is 0.458 e. The zero-order valence-electron chi connectivity index (χ0n) is 23.7. The first-order valence-corrected chi connectivity index (χ1v) is 14.2. The third kappa shape index (κ3) is 8.99. The second kappa shape index (κ2) is 14.0. The lowest BCUT2D eigenvalue weighted by atomic mass is 9.90. The molecule has 12 heteroatoms. The van der Waals surface area contributed by atoms with E-state index in [0.29, 0.717) is 30.4 Å². The van der Waals surface area contributed by atoms with E-state index in [0.717, 1.165) is 29.4 Å². The van der Waals surface area contributed by atoms with Crippen molar-refractivity contribution in [1.29, 1.82) is 0 Å². The fraction of sp³-hybridized carbons (Fsp3) is 0.438. The third-order valence-electron chi connectivity index (χ3n) is 7.49. The van der Waals surface area contributed by atoms with E-state index in [-0.39, 0.29) is 23.6 Å². The van der Waals surface area contributed by atoms with Gasteiger partial charge in [0.15, 0.2) is 6.10 Å². The maximum Gasteiger partial charge on any atom is 0.458 e. The van der Waals surface area contributed by atoms with E-state index >= 15 is 0 Å². The Bertz CT molecular complexity index is 1360. The van der Waals surface area contributed by atoms with Crippen LogP contribution in [0.1, 0.15) is 48.8 Å². The Hall–Kier alpha value is -3.54. The minimum Gasteiger partial charge on any atom is -0.493 e. The van der Waals surface area contributed by atoms with Crippen molar-refractivity contribution >= 4 is 5.69 Å². The number of benzene rings is 3. The average Bonchev–Trinajstić information content (AvgIpc) is 2.98. The molecule has 4 nitrogen and oxygen atoms in total. The number of alkyl halides is 8. The summed E-state index contributed by atoms with van der Waals surface area (Å²) in [7, 11) is 0. The Kier molecular flexibility index (Phi) is 10.6. The minimum atomic E-state index is -5.86. The predicted molar refractivity (Wildman–Crippen MR) is 149 cm³/mol. The first-order chi connectivity index (χ1) is 20.7. The molecule has 0 aromatic heterocycles. The highest BCUT2D eigenvalue weighted by Crippen LogP contribution is 2.44. The fourth-order valence-corrected chi connectivity index (χ4v) is 5.05. The van der Waals surface area contributed by atoms with Crippen molar-refractivity contribution in [2.45, 2.75) is 69.6 Å². The molecule has 1 aliphatic rings.